The van der Waals surface area contributed by atoms with Crippen molar-refractivity contribution in [2.45, 2.75) is 38.7 Å². The number of halogens is 2. The zero-order chi connectivity index (χ0) is 30.6. The Balaban J connectivity index is 2.11. The van der Waals surface area contributed by atoms with E-state index in [0.717, 1.165) is 24.2 Å². The minimum atomic E-state index is -1.08. The van der Waals surface area contributed by atoms with Crippen LogP contribution in [0.4, 0.5) is 0 Å². The molecule has 0 fully saturated rings. The summed E-state index contributed by atoms with van der Waals surface area (Å²) < 4.78 is 21.1. The van der Waals surface area contributed by atoms with Gasteiger partial charge in [0.2, 0.25) is 0 Å². The van der Waals surface area contributed by atoms with Gasteiger partial charge in [-0.15, -0.1) is 0 Å². The molecule has 0 radical (unpaired) electrons. The van der Waals surface area contributed by atoms with Gasteiger partial charge in [0.1, 0.15) is 0 Å². The molecule has 11 heteroatoms. The van der Waals surface area contributed by atoms with E-state index in [0.29, 0.717) is 37.3 Å². The molecule has 1 atom stereocenters. The smallest absolute Gasteiger partial charge is 0.336 e. The van der Waals surface area contributed by atoms with E-state index in [-0.39, 0.29) is 33.3 Å². The first-order valence-corrected chi connectivity index (χ1v) is 14.3. The monoisotopic (exact) mass is 618 g/mol. The van der Waals surface area contributed by atoms with Crippen LogP contribution in [0.5, 0.6) is 0 Å². The lowest BCUT2D eigenvalue weighted by Crippen LogP contribution is -2.35. The van der Waals surface area contributed by atoms with Gasteiger partial charge in [-0.25, -0.2) is 9.59 Å². The van der Waals surface area contributed by atoms with Crippen molar-refractivity contribution in [2.75, 3.05) is 41.0 Å². The first-order chi connectivity index (χ1) is 20.3. The molecule has 2 aromatic carbocycles. The maximum atomic E-state index is 13.4. The van der Waals surface area contributed by atoms with Crippen molar-refractivity contribution in [3.63, 3.8) is 0 Å². The Hall–Kier alpha value is -3.37. The third-order valence-corrected chi connectivity index (χ3v) is 7.53. The van der Waals surface area contributed by atoms with Gasteiger partial charge in [-0.2, -0.15) is 0 Å². The Kier molecular flexibility index (Phi) is 12.9. The van der Waals surface area contributed by atoms with Gasteiger partial charge in [-0.3, -0.25) is 4.79 Å². The van der Waals surface area contributed by atoms with Crippen molar-refractivity contribution >= 4 is 41.1 Å². The number of dihydropyridines is 1. The Labute approximate surface area is 256 Å². The second-order valence-corrected chi connectivity index (χ2v) is 10.2. The molecule has 0 saturated heterocycles. The molecule has 0 saturated carbocycles. The van der Waals surface area contributed by atoms with Crippen molar-refractivity contribution in [2.24, 2.45) is 0 Å². The van der Waals surface area contributed by atoms with E-state index >= 15 is 0 Å². The third kappa shape index (κ3) is 8.13. The Bertz CT molecular complexity index is 1340. The second-order valence-electron chi connectivity index (χ2n) is 9.39. The number of ether oxygens (including phenoxy) is 4. The van der Waals surface area contributed by atoms with E-state index in [2.05, 4.69) is 10.6 Å². The van der Waals surface area contributed by atoms with E-state index in [1.54, 1.807) is 18.2 Å². The quantitative estimate of drug-likeness (QED) is 0.174. The molecule has 0 spiro atoms. The molecule has 2 N–H and O–H groups in total. The van der Waals surface area contributed by atoms with Crippen molar-refractivity contribution < 1.29 is 33.3 Å². The van der Waals surface area contributed by atoms with E-state index < -0.39 is 23.8 Å². The Morgan fingerprint density at radius 3 is 2.05 bits per heavy atom. The fourth-order valence-corrected chi connectivity index (χ4v) is 5.46. The molecule has 1 unspecified atom stereocenters. The fourth-order valence-electron chi connectivity index (χ4n) is 4.84. The minimum Gasteiger partial charge on any atom is -0.469 e. The van der Waals surface area contributed by atoms with E-state index in [9.17, 15) is 14.4 Å². The molecular formula is C31H36Cl2N2O7. The summed E-state index contributed by atoms with van der Waals surface area (Å²) in [7, 11) is 3.72. The summed E-state index contributed by atoms with van der Waals surface area (Å²) in [5.41, 5.74) is 3.17. The van der Waals surface area contributed by atoms with Crippen LogP contribution in [0, 0.1) is 0 Å². The van der Waals surface area contributed by atoms with Gasteiger partial charge in [0.05, 0.1) is 58.0 Å². The summed E-state index contributed by atoms with van der Waals surface area (Å²) in [6, 6.07) is 12.8. The van der Waals surface area contributed by atoms with E-state index in [1.807, 2.05) is 31.2 Å². The summed E-state index contributed by atoms with van der Waals surface area (Å²) in [6.45, 7) is 4.66. The zero-order valence-electron chi connectivity index (χ0n) is 24.2. The number of likely N-dealkylation sites (N-methyl/N-ethyl adjacent to an activating group) is 1. The lowest BCUT2D eigenvalue weighted by atomic mass is 9.78. The normalized spacial score (nSPS) is 14.9. The standard InChI is InChI=1S/C31H36Cl2N2O7/c1-5-34-15-16-42-18-20-10-7-6-9-19(20)13-14-23-27(30(37)40-3)29(26-21(32)11-8-12-22(26)33)28(31(38)41-4)24(35-23)17-25(36)39-2/h6-12,29,34-35H,5,13-18H2,1-4H3. The van der Waals surface area contributed by atoms with Crippen LogP contribution in [0.25, 0.3) is 0 Å². The molecule has 0 amide bonds. The molecule has 0 aliphatic carbocycles. The zero-order valence-corrected chi connectivity index (χ0v) is 25.7. The molecule has 1 aliphatic rings. The van der Waals surface area contributed by atoms with Crippen molar-refractivity contribution in [3.8, 4) is 0 Å². The fraction of sp³-hybridized carbons (Fsp3) is 0.387. The number of hydrogen-bond donors (Lipinski definition) is 2. The van der Waals surface area contributed by atoms with Gasteiger partial charge in [-0.05, 0) is 42.6 Å². The first kappa shape index (κ1) is 33.1. The molecule has 3 rings (SSSR count). The van der Waals surface area contributed by atoms with Gasteiger partial charge in [0, 0.05) is 33.5 Å². The predicted octanol–water partition coefficient (Wildman–Crippen LogP) is 4.86. The summed E-state index contributed by atoms with van der Waals surface area (Å²) in [4.78, 5) is 39.1. The summed E-state index contributed by atoms with van der Waals surface area (Å²) in [5.74, 6) is -3.12. The predicted molar refractivity (Wildman–Crippen MR) is 160 cm³/mol. The molecule has 226 valence electrons. The molecule has 0 aromatic heterocycles. The lowest BCUT2D eigenvalue weighted by molar-refractivity contribution is -0.139. The van der Waals surface area contributed by atoms with Gasteiger partial charge in [0.25, 0.3) is 0 Å². The number of methoxy groups -OCH3 is 3. The number of esters is 3. The number of rotatable bonds is 14. The highest BCUT2D eigenvalue weighted by Gasteiger charge is 2.41. The average molecular weight is 620 g/mol. The first-order valence-electron chi connectivity index (χ1n) is 13.5. The van der Waals surface area contributed by atoms with E-state index in [4.69, 9.17) is 42.1 Å². The number of benzene rings is 2. The SMILES string of the molecule is CCNCCOCc1ccccc1CCC1=C(C(=O)OC)C(c2c(Cl)cccc2Cl)C(C(=O)OC)=C(CC(=O)OC)N1. The molecular weight excluding hydrogens is 583 g/mol. The van der Waals surface area contributed by atoms with Crippen LogP contribution in [0.1, 0.15) is 42.4 Å². The topological polar surface area (TPSA) is 112 Å². The maximum Gasteiger partial charge on any atom is 0.336 e. The number of aryl methyl sites for hydroxylation is 1. The average Bonchev–Trinajstić information content (AvgIpc) is 2.99. The number of nitrogens with one attached hydrogen (secondary N) is 2. The molecule has 0 bridgehead atoms. The Morgan fingerprint density at radius 1 is 0.833 bits per heavy atom. The second kappa shape index (κ2) is 16.3. The largest absolute Gasteiger partial charge is 0.469 e. The summed E-state index contributed by atoms with van der Waals surface area (Å²) in [6.07, 6.45) is 0.557. The number of allylic oxidation sites excluding steroid dienone is 1. The Morgan fingerprint density at radius 2 is 1.45 bits per heavy atom. The highest BCUT2D eigenvalue weighted by molar-refractivity contribution is 6.36. The number of hydrogen-bond acceptors (Lipinski definition) is 9. The molecule has 2 aromatic rings. The van der Waals surface area contributed by atoms with Gasteiger partial charge in [0.15, 0.2) is 0 Å². The number of carbonyl (C=O) groups excluding carboxylic acids is 3. The summed E-state index contributed by atoms with van der Waals surface area (Å²) in [5, 5.41) is 6.87. The maximum absolute atomic E-state index is 13.4. The van der Waals surface area contributed by atoms with Crippen LogP contribution < -0.4 is 10.6 Å². The van der Waals surface area contributed by atoms with Crippen LogP contribution in [0.2, 0.25) is 10.0 Å². The molecule has 9 nitrogen and oxygen atoms in total. The third-order valence-electron chi connectivity index (χ3n) is 6.87. The van der Waals surface area contributed by atoms with Crippen LogP contribution in [-0.2, 0) is 46.4 Å². The summed E-state index contributed by atoms with van der Waals surface area (Å²) >= 11 is 13.3. The molecule has 1 heterocycles. The van der Waals surface area contributed by atoms with Crippen LogP contribution in [-0.4, -0.2) is 58.9 Å². The lowest BCUT2D eigenvalue weighted by Gasteiger charge is -2.33. The van der Waals surface area contributed by atoms with Gasteiger partial charge < -0.3 is 29.6 Å². The van der Waals surface area contributed by atoms with Crippen LogP contribution in [0.15, 0.2) is 65.0 Å². The molecule has 42 heavy (non-hydrogen) atoms. The van der Waals surface area contributed by atoms with E-state index in [1.165, 1.54) is 21.3 Å². The highest BCUT2D eigenvalue weighted by atomic mass is 35.5. The van der Waals surface area contributed by atoms with Crippen LogP contribution in [0.3, 0.4) is 0 Å². The van der Waals surface area contributed by atoms with Crippen molar-refractivity contribution in [3.05, 3.63) is 91.7 Å². The van der Waals surface area contributed by atoms with Crippen molar-refractivity contribution in [1.29, 1.82) is 0 Å². The van der Waals surface area contributed by atoms with Crippen molar-refractivity contribution in [1.82, 2.24) is 10.6 Å². The minimum absolute atomic E-state index is 0.0107. The van der Waals surface area contributed by atoms with Gasteiger partial charge >= 0.3 is 17.9 Å². The van der Waals surface area contributed by atoms with Gasteiger partial charge in [-0.1, -0.05) is 60.5 Å². The molecule has 1 aliphatic heterocycles. The number of carbonyl (C=O) groups is 3. The highest BCUT2D eigenvalue weighted by Crippen LogP contribution is 2.45. The van der Waals surface area contributed by atoms with Crippen LogP contribution >= 0.6 is 23.2 Å².